The molecule has 0 radical (unpaired) electrons. The molecule has 0 bridgehead atoms. The van der Waals surface area contributed by atoms with Gasteiger partial charge >= 0.3 is 11.9 Å². The minimum atomic E-state index is -0.414. The van der Waals surface area contributed by atoms with E-state index in [1.165, 1.54) is 14.0 Å². The summed E-state index contributed by atoms with van der Waals surface area (Å²) in [6.45, 7) is 3.34. The largest absolute Gasteiger partial charge is 0.469 e. The number of methoxy groups -OCH3 is 1. The molecule has 24 heavy (non-hydrogen) atoms. The molecule has 0 aliphatic heterocycles. The van der Waals surface area contributed by atoms with E-state index in [0.717, 1.165) is 15.6 Å². The number of carbonyl (C=O) groups is 2. The van der Waals surface area contributed by atoms with E-state index in [0.29, 0.717) is 5.75 Å². The molecule has 0 amide bonds. The van der Waals surface area contributed by atoms with Gasteiger partial charge in [0, 0.05) is 11.4 Å². The molecular formula is C19H19BrO4. The number of carbonyl (C=O) groups excluding carboxylic acids is 2. The van der Waals surface area contributed by atoms with Gasteiger partial charge in [0.1, 0.15) is 5.75 Å². The maximum Gasteiger partial charge on any atom is 0.313 e. The number of halogens is 1. The lowest BCUT2D eigenvalue weighted by molar-refractivity contribution is -0.143. The highest BCUT2D eigenvalue weighted by Crippen LogP contribution is 2.35. The monoisotopic (exact) mass is 390 g/mol. The zero-order valence-corrected chi connectivity index (χ0v) is 15.4. The minimum Gasteiger partial charge on any atom is -0.469 e. The first-order chi connectivity index (χ1) is 11.4. The molecule has 0 spiro atoms. The molecule has 126 valence electrons. The van der Waals surface area contributed by atoms with Crippen LogP contribution >= 0.6 is 15.9 Å². The van der Waals surface area contributed by atoms with E-state index >= 15 is 0 Å². The van der Waals surface area contributed by atoms with Crippen LogP contribution in [0.15, 0.2) is 53.0 Å². The molecule has 0 heterocycles. The van der Waals surface area contributed by atoms with E-state index in [1.54, 1.807) is 12.1 Å². The lowest BCUT2D eigenvalue weighted by atomic mass is 9.82. The molecule has 2 rings (SSSR count). The summed E-state index contributed by atoms with van der Waals surface area (Å²) >= 11 is 3.40. The molecule has 0 aromatic heterocycles. The summed E-state index contributed by atoms with van der Waals surface area (Å²) in [7, 11) is 1.39. The molecule has 0 unspecified atom stereocenters. The van der Waals surface area contributed by atoms with Gasteiger partial charge < -0.3 is 9.47 Å². The van der Waals surface area contributed by atoms with Crippen molar-refractivity contribution in [3.05, 3.63) is 64.1 Å². The van der Waals surface area contributed by atoms with Gasteiger partial charge in [0.2, 0.25) is 0 Å². The summed E-state index contributed by atoms with van der Waals surface area (Å²) in [5.74, 6) is -0.670. The standard InChI is InChI=1S/C19H19BrO4/c1-12(14-6-10-17(11-7-14)24-13(2)21)18(19(22)23-3)15-4-8-16(20)9-5-15/h4-12,18H,1-3H3/t12-,18-/m1/s1. The third kappa shape index (κ3) is 4.45. The highest BCUT2D eigenvalue weighted by atomic mass is 79.9. The number of rotatable bonds is 5. The first-order valence-electron chi connectivity index (χ1n) is 7.54. The second-order valence-electron chi connectivity index (χ2n) is 5.50. The molecule has 5 heteroatoms. The van der Waals surface area contributed by atoms with Gasteiger partial charge in [-0.3, -0.25) is 9.59 Å². The summed E-state index contributed by atoms with van der Waals surface area (Å²) < 4.78 is 11.0. The predicted molar refractivity (Wildman–Crippen MR) is 95.1 cm³/mol. The van der Waals surface area contributed by atoms with Crippen molar-refractivity contribution in [2.45, 2.75) is 25.7 Å². The van der Waals surface area contributed by atoms with Crippen molar-refractivity contribution in [2.24, 2.45) is 0 Å². The van der Waals surface area contributed by atoms with E-state index in [9.17, 15) is 9.59 Å². The van der Waals surface area contributed by atoms with Crippen molar-refractivity contribution in [2.75, 3.05) is 7.11 Å². The summed E-state index contributed by atoms with van der Waals surface area (Å²) in [5, 5.41) is 0. The molecule has 2 atom stereocenters. The molecule has 0 saturated heterocycles. The maximum atomic E-state index is 12.3. The molecule has 2 aromatic carbocycles. The van der Waals surface area contributed by atoms with Gasteiger partial charge in [-0.05, 0) is 41.3 Å². The van der Waals surface area contributed by atoms with Crippen LogP contribution in [0, 0.1) is 0 Å². The van der Waals surface area contributed by atoms with Crippen LogP contribution in [-0.4, -0.2) is 19.0 Å². The summed E-state index contributed by atoms with van der Waals surface area (Å²) in [4.78, 5) is 23.3. The third-order valence-electron chi connectivity index (χ3n) is 3.85. The smallest absolute Gasteiger partial charge is 0.313 e. The van der Waals surface area contributed by atoms with Crippen LogP contribution in [0.1, 0.15) is 36.8 Å². The number of hydrogen-bond acceptors (Lipinski definition) is 4. The van der Waals surface area contributed by atoms with Crippen LogP contribution in [0.2, 0.25) is 0 Å². The Morgan fingerprint density at radius 2 is 1.50 bits per heavy atom. The van der Waals surface area contributed by atoms with Gasteiger partial charge in [-0.1, -0.05) is 47.1 Å². The fourth-order valence-electron chi connectivity index (χ4n) is 2.62. The Balaban J connectivity index is 2.30. The number of benzene rings is 2. The topological polar surface area (TPSA) is 52.6 Å². The molecule has 0 N–H and O–H groups in total. The number of ether oxygens (including phenoxy) is 2. The summed E-state index contributed by atoms with van der Waals surface area (Å²) in [6, 6.07) is 14.8. The SMILES string of the molecule is COC(=O)[C@@H](c1ccc(Br)cc1)[C@H](C)c1ccc(OC(C)=O)cc1. The lowest BCUT2D eigenvalue weighted by Crippen LogP contribution is -2.20. The van der Waals surface area contributed by atoms with Crippen molar-refractivity contribution < 1.29 is 19.1 Å². The predicted octanol–water partition coefficient (Wildman–Crippen LogP) is 4.43. The van der Waals surface area contributed by atoms with Crippen molar-refractivity contribution >= 4 is 27.9 Å². The van der Waals surface area contributed by atoms with Crippen LogP contribution in [0.4, 0.5) is 0 Å². The Morgan fingerprint density at radius 1 is 0.958 bits per heavy atom. The van der Waals surface area contributed by atoms with Crippen molar-refractivity contribution in [3.8, 4) is 5.75 Å². The Kier molecular flexibility index (Phi) is 6.15. The first kappa shape index (κ1) is 18.2. The van der Waals surface area contributed by atoms with Crippen molar-refractivity contribution in [1.82, 2.24) is 0 Å². The Labute approximate surface area is 149 Å². The maximum absolute atomic E-state index is 12.3. The zero-order chi connectivity index (χ0) is 17.7. The van der Waals surface area contributed by atoms with E-state index in [2.05, 4.69) is 15.9 Å². The Bertz CT molecular complexity index is 707. The third-order valence-corrected chi connectivity index (χ3v) is 4.38. The summed E-state index contributed by atoms with van der Waals surface area (Å²) in [5.41, 5.74) is 1.85. The highest BCUT2D eigenvalue weighted by molar-refractivity contribution is 9.10. The molecule has 0 aliphatic rings. The second kappa shape index (κ2) is 8.11. The fourth-order valence-corrected chi connectivity index (χ4v) is 2.89. The van der Waals surface area contributed by atoms with Gasteiger partial charge in [-0.2, -0.15) is 0 Å². The van der Waals surface area contributed by atoms with E-state index in [4.69, 9.17) is 9.47 Å². The highest BCUT2D eigenvalue weighted by Gasteiger charge is 2.29. The van der Waals surface area contributed by atoms with Crippen molar-refractivity contribution in [1.29, 1.82) is 0 Å². The van der Waals surface area contributed by atoms with Crippen LogP contribution in [-0.2, 0) is 14.3 Å². The normalized spacial score (nSPS) is 13.0. The summed E-state index contributed by atoms with van der Waals surface area (Å²) in [6.07, 6.45) is 0. The van der Waals surface area contributed by atoms with Gasteiger partial charge in [0.25, 0.3) is 0 Å². The van der Waals surface area contributed by atoms with Crippen LogP contribution in [0.5, 0.6) is 5.75 Å². The lowest BCUT2D eigenvalue weighted by Gasteiger charge is -2.23. The minimum absolute atomic E-state index is 0.0926. The average Bonchev–Trinajstić information content (AvgIpc) is 2.56. The van der Waals surface area contributed by atoms with Crippen LogP contribution in [0.3, 0.4) is 0 Å². The van der Waals surface area contributed by atoms with Crippen LogP contribution < -0.4 is 4.74 Å². The molecule has 4 nitrogen and oxygen atoms in total. The zero-order valence-electron chi connectivity index (χ0n) is 13.8. The Hall–Kier alpha value is -2.14. The molecule has 0 fully saturated rings. The van der Waals surface area contributed by atoms with E-state index in [1.807, 2.05) is 43.3 Å². The number of hydrogen-bond donors (Lipinski definition) is 0. The molecule has 2 aromatic rings. The average molecular weight is 391 g/mol. The quantitative estimate of drug-likeness (QED) is 0.559. The van der Waals surface area contributed by atoms with Gasteiger partial charge in [-0.25, -0.2) is 0 Å². The fraction of sp³-hybridized carbons (Fsp3) is 0.263. The van der Waals surface area contributed by atoms with E-state index < -0.39 is 5.92 Å². The van der Waals surface area contributed by atoms with E-state index in [-0.39, 0.29) is 17.9 Å². The molecular weight excluding hydrogens is 372 g/mol. The number of esters is 2. The second-order valence-corrected chi connectivity index (χ2v) is 6.42. The Morgan fingerprint density at radius 3 is 2.00 bits per heavy atom. The molecule has 0 aliphatic carbocycles. The first-order valence-corrected chi connectivity index (χ1v) is 8.33. The van der Waals surface area contributed by atoms with Gasteiger partial charge in [0.05, 0.1) is 13.0 Å². The van der Waals surface area contributed by atoms with Crippen LogP contribution in [0.25, 0.3) is 0 Å². The van der Waals surface area contributed by atoms with Gasteiger partial charge in [0.15, 0.2) is 0 Å². The van der Waals surface area contributed by atoms with Crippen molar-refractivity contribution in [3.63, 3.8) is 0 Å². The molecule has 0 saturated carbocycles. The van der Waals surface area contributed by atoms with Gasteiger partial charge in [-0.15, -0.1) is 0 Å².